The molecule has 1 aromatic carbocycles. The van der Waals surface area contributed by atoms with Crippen molar-refractivity contribution in [2.45, 2.75) is 19.8 Å². The van der Waals surface area contributed by atoms with Crippen molar-refractivity contribution in [3.8, 4) is 5.75 Å². The molecule has 2 rings (SSSR count). The molecule has 4 nitrogen and oxygen atoms in total. The van der Waals surface area contributed by atoms with Gasteiger partial charge < -0.3 is 15.0 Å². The Morgan fingerprint density at radius 1 is 1.28 bits per heavy atom. The Balaban J connectivity index is 2.06. The Morgan fingerprint density at radius 3 is 2.61 bits per heavy atom. The molecule has 1 aliphatic rings. The minimum Gasteiger partial charge on any atom is -0.410 e. The average molecular weight is 248 g/mol. The second kappa shape index (κ2) is 5.87. The van der Waals surface area contributed by atoms with E-state index in [1.807, 2.05) is 24.3 Å². The molecule has 0 aromatic heterocycles. The second-order valence-corrected chi connectivity index (χ2v) is 4.80. The van der Waals surface area contributed by atoms with E-state index in [9.17, 15) is 4.79 Å². The second-order valence-electron chi connectivity index (χ2n) is 4.80. The average Bonchev–Trinajstić information content (AvgIpc) is 2.40. The quantitative estimate of drug-likeness (QED) is 0.872. The normalized spacial score (nSPS) is 15.8. The lowest BCUT2D eigenvalue weighted by Crippen LogP contribution is -2.47. The highest BCUT2D eigenvalue weighted by atomic mass is 16.6. The Morgan fingerprint density at radius 2 is 1.94 bits per heavy atom. The van der Waals surface area contributed by atoms with E-state index in [2.05, 4.69) is 19.2 Å². The van der Waals surface area contributed by atoms with E-state index in [4.69, 9.17) is 4.74 Å². The fourth-order valence-corrected chi connectivity index (χ4v) is 2.06. The molecule has 1 amide bonds. The van der Waals surface area contributed by atoms with Crippen LogP contribution in [0.1, 0.15) is 25.3 Å². The predicted octanol–water partition coefficient (Wildman–Crippen LogP) is 2.21. The van der Waals surface area contributed by atoms with E-state index in [-0.39, 0.29) is 6.09 Å². The van der Waals surface area contributed by atoms with Crippen molar-refractivity contribution < 1.29 is 9.53 Å². The molecular formula is C14H20N2O2. The van der Waals surface area contributed by atoms with E-state index in [1.54, 1.807) is 4.90 Å². The first-order valence-electron chi connectivity index (χ1n) is 6.45. The van der Waals surface area contributed by atoms with Gasteiger partial charge in [-0.2, -0.15) is 0 Å². The van der Waals surface area contributed by atoms with Crippen LogP contribution in [0.2, 0.25) is 0 Å². The molecule has 1 saturated heterocycles. The summed E-state index contributed by atoms with van der Waals surface area (Å²) < 4.78 is 5.51. The molecule has 1 fully saturated rings. The number of ether oxygens (including phenoxy) is 1. The zero-order valence-electron chi connectivity index (χ0n) is 11.0. The third-order valence-corrected chi connectivity index (χ3v) is 3.11. The predicted molar refractivity (Wildman–Crippen MR) is 71.0 cm³/mol. The number of nitrogens with one attached hydrogen (secondary N) is 1. The van der Waals surface area contributed by atoms with Gasteiger partial charge in [0, 0.05) is 26.2 Å². The summed E-state index contributed by atoms with van der Waals surface area (Å²) in [7, 11) is 0. The number of amides is 1. The van der Waals surface area contributed by atoms with Gasteiger partial charge >= 0.3 is 6.09 Å². The van der Waals surface area contributed by atoms with Crippen LogP contribution in [-0.2, 0) is 0 Å². The number of rotatable bonds is 2. The fourth-order valence-electron chi connectivity index (χ4n) is 2.06. The summed E-state index contributed by atoms with van der Waals surface area (Å²) in [6.07, 6.45) is -0.246. The van der Waals surface area contributed by atoms with Crippen molar-refractivity contribution in [3.05, 3.63) is 29.8 Å². The summed E-state index contributed by atoms with van der Waals surface area (Å²) in [6, 6.07) is 7.73. The number of hydrogen-bond acceptors (Lipinski definition) is 3. The maximum absolute atomic E-state index is 12.0. The molecule has 0 unspecified atom stereocenters. The highest BCUT2D eigenvalue weighted by molar-refractivity contribution is 5.71. The molecular weight excluding hydrogens is 228 g/mol. The maximum atomic E-state index is 12.0. The molecule has 0 atom stereocenters. The number of benzene rings is 1. The Kier molecular flexibility index (Phi) is 4.20. The van der Waals surface area contributed by atoms with Gasteiger partial charge in [-0.05, 0) is 17.5 Å². The van der Waals surface area contributed by atoms with E-state index in [0.717, 1.165) is 18.7 Å². The first-order valence-corrected chi connectivity index (χ1v) is 6.45. The zero-order valence-corrected chi connectivity index (χ0v) is 11.0. The smallest absolute Gasteiger partial charge is 0.410 e. The van der Waals surface area contributed by atoms with Crippen LogP contribution < -0.4 is 10.1 Å². The summed E-state index contributed by atoms with van der Waals surface area (Å²) in [6.45, 7) is 7.28. The van der Waals surface area contributed by atoms with Crippen molar-refractivity contribution >= 4 is 6.09 Å². The van der Waals surface area contributed by atoms with Crippen LogP contribution in [0.3, 0.4) is 0 Å². The Hall–Kier alpha value is -1.55. The molecule has 1 aromatic rings. The van der Waals surface area contributed by atoms with Gasteiger partial charge in [-0.1, -0.05) is 32.0 Å². The SMILES string of the molecule is CC(C)c1ccccc1OC(=O)N1CCNCC1. The topological polar surface area (TPSA) is 41.6 Å². The summed E-state index contributed by atoms with van der Waals surface area (Å²) >= 11 is 0. The van der Waals surface area contributed by atoms with Gasteiger partial charge in [0.25, 0.3) is 0 Å². The standard InChI is InChI=1S/C14H20N2O2/c1-11(2)12-5-3-4-6-13(12)18-14(17)16-9-7-15-8-10-16/h3-6,11,15H,7-10H2,1-2H3. The highest BCUT2D eigenvalue weighted by Gasteiger charge is 2.19. The molecule has 98 valence electrons. The molecule has 0 aliphatic carbocycles. The van der Waals surface area contributed by atoms with Crippen molar-refractivity contribution in [1.29, 1.82) is 0 Å². The van der Waals surface area contributed by atoms with E-state index < -0.39 is 0 Å². The first kappa shape index (κ1) is 12.9. The van der Waals surface area contributed by atoms with Crippen LogP contribution in [0.5, 0.6) is 5.75 Å². The molecule has 0 bridgehead atoms. The Bertz CT molecular complexity index is 412. The highest BCUT2D eigenvalue weighted by Crippen LogP contribution is 2.26. The van der Waals surface area contributed by atoms with Crippen molar-refractivity contribution in [3.63, 3.8) is 0 Å². The molecule has 1 aliphatic heterocycles. The maximum Gasteiger partial charge on any atom is 0.415 e. The van der Waals surface area contributed by atoms with Crippen LogP contribution in [0.25, 0.3) is 0 Å². The number of piperazine rings is 1. The van der Waals surface area contributed by atoms with Gasteiger partial charge in [-0.25, -0.2) is 4.79 Å². The third-order valence-electron chi connectivity index (χ3n) is 3.11. The molecule has 0 radical (unpaired) electrons. The Labute approximate surface area is 108 Å². The summed E-state index contributed by atoms with van der Waals surface area (Å²) in [5.74, 6) is 1.02. The largest absolute Gasteiger partial charge is 0.415 e. The third kappa shape index (κ3) is 3.01. The molecule has 1 N–H and O–H groups in total. The first-order chi connectivity index (χ1) is 8.68. The van der Waals surface area contributed by atoms with Crippen LogP contribution in [0.15, 0.2) is 24.3 Å². The van der Waals surface area contributed by atoms with E-state index in [1.165, 1.54) is 0 Å². The number of carbonyl (C=O) groups excluding carboxylic acids is 1. The minimum absolute atomic E-state index is 0.246. The molecule has 1 heterocycles. The number of hydrogen-bond donors (Lipinski definition) is 1. The fraction of sp³-hybridized carbons (Fsp3) is 0.500. The van der Waals surface area contributed by atoms with E-state index in [0.29, 0.717) is 24.8 Å². The van der Waals surface area contributed by atoms with Crippen molar-refractivity contribution in [2.24, 2.45) is 0 Å². The van der Waals surface area contributed by atoms with Gasteiger partial charge in [-0.15, -0.1) is 0 Å². The summed E-state index contributed by atoms with van der Waals surface area (Å²) in [5.41, 5.74) is 1.07. The lowest BCUT2D eigenvalue weighted by atomic mass is 10.0. The van der Waals surface area contributed by atoms with Crippen molar-refractivity contribution in [2.75, 3.05) is 26.2 Å². The monoisotopic (exact) mass is 248 g/mol. The van der Waals surface area contributed by atoms with Gasteiger partial charge in [0.2, 0.25) is 0 Å². The lowest BCUT2D eigenvalue weighted by molar-refractivity contribution is 0.145. The molecule has 18 heavy (non-hydrogen) atoms. The van der Waals surface area contributed by atoms with E-state index >= 15 is 0 Å². The van der Waals surface area contributed by atoms with Gasteiger partial charge in [0.1, 0.15) is 5.75 Å². The minimum atomic E-state index is -0.246. The van der Waals surface area contributed by atoms with Crippen LogP contribution in [0.4, 0.5) is 4.79 Å². The van der Waals surface area contributed by atoms with Gasteiger partial charge in [0.05, 0.1) is 0 Å². The van der Waals surface area contributed by atoms with Crippen LogP contribution in [-0.4, -0.2) is 37.2 Å². The van der Waals surface area contributed by atoms with Gasteiger partial charge in [-0.3, -0.25) is 0 Å². The number of nitrogens with zero attached hydrogens (tertiary/aromatic N) is 1. The summed E-state index contributed by atoms with van der Waals surface area (Å²) in [5, 5.41) is 3.21. The molecule has 4 heteroatoms. The van der Waals surface area contributed by atoms with Crippen LogP contribution >= 0.6 is 0 Å². The number of para-hydroxylation sites is 1. The molecule has 0 spiro atoms. The number of carbonyl (C=O) groups is 1. The zero-order chi connectivity index (χ0) is 13.0. The van der Waals surface area contributed by atoms with Crippen LogP contribution in [0, 0.1) is 0 Å². The van der Waals surface area contributed by atoms with Crippen molar-refractivity contribution in [1.82, 2.24) is 10.2 Å². The van der Waals surface area contributed by atoms with Gasteiger partial charge in [0.15, 0.2) is 0 Å². The molecule has 0 saturated carbocycles. The lowest BCUT2D eigenvalue weighted by Gasteiger charge is -2.27. The summed E-state index contributed by atoms with van der Waals surface area (Å²) in [4.78, 5) is 13.8.